The number of hydrogen-bond acceptors (Lipinski definition) is 2. The van der Waals surface area contributed by atoms with Gasteiger partial charge in [0.1, 0.15) is 4.99 Å². The van der Waals surface area contributed by atoms with Gasteiger partial charge >= 0.3 is 0 Å². The van der Waals surface area contributed by atoms with Crippen LogP contribution in [0.1, 0.15) is 51.0 Å². The first-order valence-electron chi connectivity index (χ1n) is 7.26. The molecule has 0 aliphatic heterocycles. The first-order valence-corrected chi connectivity index (χ1v) is 7.67. The molecule has 0 aliphatic rings. The fourth-order valence-electron chi connectivity index (χ4n) is 2.16. The van der Waals surface area contributed by atoms with Crippen LogP contribution in [0.15, 0.2) is 24.3 Å². The highest BCUT2D eigenvalue weighted by Crippen LogP contribution is 2.16. The van der Waals surface area contributed by atoms with Gasteiger partial charge in [0.05, 0.1) is 0 Å². The summed E-state index contributed by atoms with van der Waals surface area (Å²) in [5.74, 6) is 0. The van der Waals surface area contributed by atoms with Gasteiger partial charge in [-0.3, -0.25) is 0 Å². The van der Waals surface area contributed by atoms with E-state index in [1.54, 1.807) is 0 Å². The van der Waals surface area contributed by atoms with Crippen LogP contribution < -0.4 is 10.6 Å². The van der Waals surface area contributed by atoms with E-state index in [-0.39, 0.29) is 0 Å². The van der Waals surface area contributed by atoms with Gasteiger partial charge in [0.25, 0.3) is 0 Å². The molecule has 0 saturated carbocycles. The Morgan fingerprint density at radius 3 is 2.53 bits per heavy atom. The molecule has 0 aliphatic carbocycles. The van der Waals surface area contributed by atoms with Crippen LogP contribution >= 0.6 is 12.2 Å². The second-order valence-corrected chi connectivity index (χ2v) is 5.54. The van der Waals surface area contributed by atoms with E-state index in [0.29, 0.717) is 4.99 Å². The Kier molecular flexibility index (Phi) is 7.49. The van der Waals surface area contributed by atoms with Crippen LogP contribution in [0.25, 0.3) is 0 Å². The summed E-state index contributed by atoms with van der Waals surface area (Å²) in [4.78, 5) is 2.75. The molecule has 0 aromatic heterocycles. The van der Waals surface area contributed by atoms with Crippen molar-refractivity contribution in [2.75, 3.05) is 18.5 Å². The molecule has 106 valence electrons. The first kappa shape index (κ1) is 16.0. The number of thiocarbonyl (C=S) groups is 1. The molecule has 0 spiro atoms. The van der Waals surface area contributed by atoms with Crippen molar-refractivity contribution in [1.29, 1.82) is 0 Å². The van der Waals surface area contributed by atoms with Gasteiger partial charge in [-0.05, 0) is 18.6 Å². The summed E-state index contributed by atoms with van der Waals surface area (Å²) < 4.78 is 0. The SMILES string of the molecule is CCCCCCCCN(C)c1cccc(C(N)=S)c1. The minimum absolute atomic E-state index is 0.467. The quantitative estimate of drug-likeness (QED) is 0.544. The topological polar surface area (TPSA) is 29.3 Å². The number of nitrogens with two attached hydrogens (primary N) is 1. The maximum Gasteiger partial charge on any atom is 0.104 e. The van der Waals surface area contributed by atoms with Crippen molar-refractivity contribution in [2.24, 2.45) is 5.73 Å². The lowest BCUT2D eigenvalue weighted by molar-refractivity contribution is 0.606. The smallest absolute Gasteiger partial charge is 0.104 e. The van der Waals surface area contributed by atoms with E-state index in [2.05, 4.69) is 31.0 Å². The minimum atomic E-state index is 0.467. The van der Waals surface area contributed by atoms with Crippen LogP contribution in [-0.4, -0.2) is 18.6 Å². The van der Waals surface area contributed by atoms with Crippen molar-refractivity contribution in [1.82, 2.24) is 0 Å². The van der Waals surface area contributed by atoms with Crippen molar-refractivity contribution in [3.63, 3.8) is 0 Å². The number of rotatable bonds is 9. The maximum atomic E-state index is 5.66. The van der Waals surface area contributed by atoms with Crippen molar-refractivity contribution >= 4 is 22.9 Å². The average molecular weight is 278 g/mol. The summed E-state index contributed by atoms with van der Waals surface area (Å²) in [6.07, 6.45) is 7.97. The van der Waals surface area contributed by atoms with Crippen molar-refractivity contribution < 1.29 is 0 Å². The monoisotopic (exact) mass is 278 g/mol. The molecule has 3 heteroatoms. The van der Waals surface area contributed by atoms with Gasteiger partial charge in [-0.2, -0.15) is 0 Å². The Balaban J connectivity index is 2.34. The van der Waals surface area contributed by atoms with Gasteiger partial charge in [-0.15, -0.1) is 0 Å². The number of hydrogen-bond donors (Lipinski definition) is 1. The van der Waals surface area contributed by atoms with Crippen molar-refractivity contribution in [3.8, 4) is 0 Å². The van der Waals surface area contributed by atoms with E-state index in [0.717, 1.165) is 12.1 Å². The highest BCUT2D eigenvalue weighted by molar-refractivity contribution is 7.80. The molecule has 2 nitrogen and oxygen atoms in total. The van der Waals surface area contributed by atoms with Crippen LogP contribution in [0.3, 0.4) is 0 Å². The van der Waals surface area contributed by atoms with Gasteiger partial charge in [0.15, 0.2) is 0 Å². The van der Waals surface area contributed by atoms with Gasteiger partial charge in [-0.25, -0.2) is 0 Å². The highest BCUT2D eigenvalue weighted by atomic mass is 32.1. The van der Waals surface area contributed by atoms with Gasteiger partial charge < -0.3 is 10.6 Å². The largest absolute Gasteiger partial charge is 0.389 e. The maximum absolute atomic E-state index is 5.66. The standard InChI is InChI=1S/C16H26N2S/c1-3-4-5-6-7-8-12-18(2)15-11-9-10-14(13-15)16(17)19/h9-11,13H,3-8,12H2,1-2H3,(H2,17,19). The molecule has 0 bridgehead atoms. The zero-order valence-corrected chi connectivity index (χ0v) is 13.0. The number of nitrogens with zero attached hydrogens (tertiary/aromatic N) is 1. The molecule has 0 radical (unpaired) electrons. The van der Waals surface area contributed by atoms with Crippen molar-refractivity contribution in [2.45, 2.75) is 45.4 Å². The molecule has 0 saturated heterocycles. The van der Waals surface area contributed by atoms with Gasteiger partial charge in [-0.1, -0.05) is 63.4 Å². The molecule has 0 fully saturated rings. The van der Waals surface area contributed by atoms with Crippen LogP contribution in [0.4, 0.5) is 5.69 Å². The fourth-order valence-corrected chi connectivity index (χ4v) is 2.28. The Morgan fingerprint density at radius 1 is 1.16 bits per heavy atom. The molecule has 0 heterocycles. The summed E-state index contributed by atoms with van der Waals surface area (Å²) >= 11 is 5.01. The predicted molar refractivity (Wildman–Crippen MR) is 89.0 cm³/mol. The van der Waals surface area contributed by atoms with Crippen LogP contribution in [0, 0.1) is 0 Å². The molecule has 0 atom stereocenters. The second-order valence-electron chi connectivity index (χ2n) is 5.10. The molecule has 1 aromatic carbocycles. The highest BCUT2D eigenvalue weighted by Gasteiger charge is 2.03. The predicted octanol–water partition coefficient (Wildman–Crippen LogP) is 4.12. The summed E-state index contributed by atoms with van der Waals surface area (Å²) in [5, 5.41) is 0. The Hall–Kier alpha value is -1.09. The third-order valence-electron chi connectivity index (χ3n) is 3.42. The van der Waals surface area contributed by atoms with Crippen LogP contribution in [-0.2, 0) is 0 Å². The van der Waals surface area contributed by atoms with Crippen LogP contribution in [0.5, 0.6) is 0 Å². The fraction of sp³-hybridized carbons (Fsp3) is 0.562. The van der Waals surface area contributed by atoms with E-state index in [1.165, 1.54) is 44.2 Å². The summed E-state index contributed by atoms with van der Waals surface area (Å²) in [5.41, 5.74) is 7.80. The third kappa shape index (κ3) is 6.06. The average Bonchev–Trinajstić information content (AvgIpc) is 2.42. The summed E-state index contributed by atoms with van der Waals surface area (Å²) in [6.45, 7) is 3.34. The Morgan fingerprint density at radius 2 is 1.84 bits per heavy atom. The van der Waals surface area contributed by atoms with Crippen LogP contribution in [0.2, 0.25) is 0 Å². The molecule has 1 rings (SSSR count). The van der Waals surface area contributed by atoms with Crippen molar-refractivity contribution in [3.05, 3.63) is 29.8 Å². The first-order chi connectivity index (χ1) is 9.15. The van der Waals surface area contributed by atoms with Gasteiger partial charge in [0, 0.05) is 24.8 Å². The number of unbranched alkanes of at least 4 members (excludes halogenated alkanes) is 5. The normalized spacial score (nSPS) is 10.4. The third-order valence-corrected chi connectivity index (χ3v) is 3.65. The van der Waals surface area contributed by atoms with E-state index >= 15 is 0 Å². The van der Waals surface area contributed by atoms with E-state index in [4.69, 9.17) is 18.0 Å². The molecule has 19 heavy (non-hydrogen) atoms. The zero-order valence-electron chi connectivity index (χ0n) is 12.2. The van der Waals surface area contributed by atoms with E-state index < -0.39 is 0 Å². The number of benzene rings is 1. The number of anilines is 1. The molecular formula is C16H26N2S. The van der Waals surface area contributed by atoms with E-state index in [9.17, 15) is 0 Å². The molecule has 0 unspecified atom stereocenters. The summed E-state index contributed by atoms with van der Waals surface area (Å²) in [6, 6.07) is 8.16. The minimum Gasteiger partial charge on any atom is -0.389 e. The summed E-state index contributed by atoms with van der Waals surface area (Å²) in [7, 11) is 2.13. The molecule has 2 N–H and O–H groups in total. The Labute approximate surface area is 123 Å². The lowest BCUT2D eigenvalue weighted by atomic mass is 10.1. The lowest BCUT2D eigenvalue weighted by Gasteiger charge is -2.20. The molecule has 0 amide bonds. The lowest BCUT2D eigenvalue weighted by Crippen LogP contribution is -2.19. The zero-order chi connectivity index (χ0) is 14.1. The molecular weight excluding hydrogens is 252 g/mol. The second kappa shape index (κ2) is 8.92. The Bertz CT molecular complexity index is 390. The van der Waals surface area contributed by atoms with E-state index in [1.807, 2.05) is 12.1 Å². The molecule has 1 aromatic rings. The van der Waals surface area contributed by atoms with Gasteiger partial charge in [0.2, 0.25) is 0 Å².